The number of amides is 1. The number of ether oxygens (including phenoxy) is 2. The van der Waals surface area contributed by atoms with E-state index >= 15 is 0 Å². The molecule has 1 aromatic rings. The van der Waals surface area contributed by atoms with E-state index in [2.05, 4.69) is 9.72 Å². The molecule has 7 heteroatoms. The van der Waals surface area contributed by atoms with Crippen molar-refractivity contribution in [3.63, 3.8) is 0 Å². The standard InChI is InChI=1S/C17H24N2O5/c1-17(2,3)24-16(22)19-7-5-11(6-8-19)13-9-12(15(21)23-4)14(20)10-18-13/h9-11,20H,5-8H2,1-4H3. The molecule has 1 N–H and O–H groups in total. The number of pyridine rings is 1. The van der Waals surface area contributed by atoms with Crippen molar-refractivity contribution in [1.82, 2.24) is 9.88 Å². The van der Waals surface area contributed by atoms with Gasteiger partial charge in [0, 0.05) is 24.7 Å². The van der Waals surface area contributed by atoms with Crippen molar-refractivity contribution >= 4 is 12.1 Å². The fraction of sp³-hybridized carbons (Fsp3) is 0.588. The van der Waals surface area contributed by atoms with Gasteiger partial charge in [0.15, 0.2) is 0 Å². The van der Waals surface area contributed by atoms with E-state index in [-0.39, 0.29) is 23.3 Å². The van der Waals surface area contributed by atoms with Gasteiger partial charge in [0.25, 0.3) is 0 Å². The number of piperidine rings is 1. The summed E-state index contributed by atoms with van der Waals surface area (Å²) in [4.78, 5) is 29.6. The van der Waals surface area contributed by atoms with Crippen LogP contribution in [0.25, 0.3) is 0 Å². The minimum Gasteiger partial charge on any atom is -0.505 e. The molecule has 7 nitrogen and oxygen atoms in total. The number of aromatic nitrogens is 1. The number of hydrogen-bond donors (Lipinski definition) is 1. The Balaban J connectivity index is 2.02. The second kappa shape index (κ2) is 7.07. The first-order chi connectivity index (χ1) is 11.2. The first-order valence-electron chi connectivity index (χ1n) is 7.96. The van der Waals surface area contributed by atoms with Gasteiger partial charge in [-0.15, -0.1) is 0 Å². The third-order valence-corrected chi connectivity index (χ3v) is 3.87. The number of rotatable bonds is 2. The van der Waals surface area contributed by atoms with Crippen LogP contribution in [0.3, 0.4) is 0 Å². The normalized spacial score (nSPS) is 15.9. The highest BCUT2D eigenvalue weighted by Crippen LogP contribution is 2.30. The van der Waals surface area contributed by atoms with Crippen LogP contribution in [0.15, 0.2) is 12.3 Å². The first kappa shape index (κ1) is 18.0. The Morgan fingerprint density at radius 2 is 1.92 bits per heavy atom. The van der Waals surface area contributed by atoms with Crippen molar-refractivity contribution in [3.8, 4) is 5.75 Å². The van der Waals surface area contributed by atoms with Crippen molar-refractivity contribution in [2.45, 2.75) is 45.1 Å². The molecule has 0 saturated carbocycles. The fourth-order valence-corrected chi connectivity index (χ4v) is 2.65. The molecule has 0 spiro atoms. The summed E-state index contributed by atoms with van der Waals surface area (Å²) in [6, 6.07) is 1.56. The Morgan fingerprint density at radius 1 is 1.29 bits per heavy atom. The van der Waals surface area contributed by atoms with E-state index in [1.54, 1.807) is 11.0 Å². The molecule has 132 valence electrons. The summed E-state index contributed by atoms with van der Waals surface area (Å²) in [6.07, 6.45) is 2.40. The topological polar surface area (TPSA) is 89.0 Å². The maximum atomic E-state index is 12.1. The van der Waals surface area contributed by atoms with E-state index in [1.165, 1.54) is 13.3 Å². The second-order valence-electron chi connectivity index (χ2n) is 6.86. The van der Waals surface area contributed by atoms with Crippen molar-refractivity contribution < 1.29 is 24.2 Å². The summed E-state index contributed by atoms with van der Waals surface area (Å²) in [6.45, 7) is 6.65. The van der Waals surface area contributed by atoms with E-state index < -0.39 is 11.6 Å². The molecule has 0 bridgehead atoms. The van der Waals surface area contributed by atoms with Gasteiger partial charge in [0.2, 0.25) is 0 Å². The monoisotopic (exact) mass is 336 g/mol. The lowest BCUT2D eigenvalue weighted by Crippen LogP contribution is -2.41. The zero-order valence-corrected chi connectivity index (χ0v) is 14.5. The van der Waals surface area contributed by atoms with Crippen LogP contribution in [0, 0.1) is 0 Å². The van der Waals surface area contributed by atoms with Gasteiger partial charge in [-0.1, -0.05) is 0 Å². The third-order valence-electron chi connectivity index (χ3n) is 3.87. The zero-order chi connectivity index (χ0) is 17.9. The van der Waals surface area contributed by atoms with Gasteiger partial charge in [0.05, 0.1) is 13.3 Å². The van der Waals surface area contributed by atoms with Crippen LogP contribution in [-0.2, 0) is 9.47 Å². The first-order valence-corrected chi connectivity index (χ1v) is 7.96. The van der Waals surface area contributed by atoms with Crippen molar-refractivity contribution in [2.75, 3.05) is 20.2 Å². The molecule has 2 rings (SSSR count). The summed E-state index contributed by atoms with van der Waals surface area (Å²) in [7, 11) is 1.27. The van der Waals surface area contributed by atoms with E-state index in [9.17, 15) is 14.7 Å². The number of nitrogens with zero attached hydrogens (tertiary/aromatic N) is 2. The van der Waals surface area contributed by atoms with Crippen LogP contribution in [0.2, 0.25) is 0 Å². The van der Waals surface area contributed by atoms with Gasteiger partial charge < -0.3 is 19.5 Å². The SMILES string of the molecule is COC(=O)c1cc(C2CCN(C(=O)OC(C)(C)C)CC2)ncc1O. The molecule has 1 amide bonds. The maximum absolute atomic E-state index is 12.1. The molecule has 1 fully saturated rings. The largest absolute Gasteiger partial charge is 0.505 e. The summed E-state index contributed by atoms with van der Waals surface area (Å²) in [5, 5.41) is 9.73. The molecule has 24 heavy (non-hydrogen) atoms. The maximum Gasteiger partial charge on any atom is 0.410 e. The zero-order valence-electron chi connectivity index (χ0n) is 14.5. The minimum atomic E-state index is -0.595. The highest BCUT2D eigenvalue weighted by atomic mass is 16.6. The highest BCUT2D eigenvalue weighted by molar-refractivity contribution is 5.92. The summed E-state index contributed by atoms with van der Waals surface area (Å²) in [5.41, 5.74) is 0.316. The Hall–Kier alpha value is -2.31. The average Bonchev–Trinajstić information content (AvgIpc) is 2.53. The average molecular weight is 336 g/mol. The van der Waals surface area contributed by atoms with Crippen LogP contribution in [0.1, 0.15) is 55.6 Å². The number of likely N-dealkylation sites (tertiary alicyclic amines) is 1. The molecule has 0 aliphatic carbocycles. The van der Waals surface area contributed by atoms with Gasteiger partial charge in [-0.25, -0.2) is 9.59 Å². The lowest BCUT2D eigenvalue weighted by atomic mass is 9.92. The molecule has 2 heterocycles. The van der Waals surface area contributed by atoms with Crippen LogP contribution in [0.4, 0.5) is 4.79 Å². The van der Waals surface area contributed by atoms with Crippen molar-refractivity contribution in [3.05, 3.63) is 23.5 Å². The van der Waals surface area contributed by atoms with Crippen molar-refractivity contribution in [2.24, 2.45) is 0 Å². The molecule has 1 aliphatic rings. The molecule has 1 aromatic heterocycles. The quantitative estimate of drug-likeness (QED) is 0.835. The predicted molar refractivity (Wildman–Crippen MR) is 87.0 cm³/mol. The molecule has 1 saturated heterocycles. The Bertz CT molecular complexity index is 616. The summed E-state index contributed by atoms with van der Waals surface area (Å²) >= 11 is 0. The highest BCUT2D eigenvalue weighted by Gasteiger charge is 2.28. The number of carbonyl (C=O) groups is 2. The predicted octanol–water partition coefficient (Wildman–Crippen LogP) is 2.69. The van der Waals surface area contributed by atoms with E-state index in [0.29, 0.717) is 13.1 Å². The Kier molecular flexibility index (Phi) is 5.31. The van der Waals surface area contributed by atoms with Gasteiger partial charge >= 0.3 is 12.1 Å². The molecular formula is C17H24N2O5. The van der Waals surface area contributed by atoms with Crippen molar-refractivity contribution in [1.29, 1.82) is 0 Å². The Labute approximate surface area is 141 Å². The van der Waals surface area contributed by atoms with Crippen LogP contribution in [0.5, 0.6) is 5.75 Å². The number of carbonyl (C=O) groups excluding carboxylic acids is 2. The van der Waals surface area contributed by atoms with E-state index in [0.717, 1.165) is 18.5 Å². The van der Waals surface area contributed by atoms with Gasteiger partial charge in [0.1, 0.15) is 16.9 Å². The van der Waals surface area contributed by atoms with Crippen LogP contribution < -0.4 is 0 Å². The number of methoxy groups -OCH3 is 1. The Morgan fingerprint density at radius 3 is 2.46 bits per heavy atom. The number of aromatic hydroxyl groups is 1. The van der Waals surface area contributed by atoms with Gasteiger partial charge in [-0.05, 0) is 39.7 Å². The third kappa shape index (κ3) is 4.37. The number of esters is 1. The molecular weight excluding hydrogens is 312 g/mol. The van der Waals surface area contributed by atoms with Crippen LogP contribution in [-0.4, -0.2) is 52.9 Å². The molecule has 0 aromatic carbocycles. The second-order valence-corrected chi connectivity index (χ2v) is 6.86. The lowest BCUT2D eigenvalue weighted by molar-refractivity contribution is 0.0204. The van der Waals surface area contributed by atoms with Gasteiger partial charge in [-0.2, -0.15) is 0 Å². The minimum absolute atomic E-state index is 0.108. The summed E-state index contributed by atoms with van der Waals surface area (Å²) < 4.78 is 10.0. The smallest absolute Gasteiger partial charge is 0.410 e. The lowest BCUT2D eigenvalue weighted by Gasteiger charge is -2.33. The molecule has 0 radical (unpaired) electrons. The fourth-order valence-electron chi connectivity index (χ4n) is 2.65. The molecule has 0 atom stereocenters. The molecule has 0 unspecified atom stereocenters. The van der Waals surface area contributed by atoms with Crippen LogP contribution >= 0.6 is 0 Å². The number of hydrogen-bond acceptors (Lipinski definition) is 6. The van der Waals surface area contributed by atoms with E-state index in [1.807, 2.05) is 20.8 Å². The van der Waals surface area contributed by atoms with Gasteiger partial charge in [-0.3, -0.25) is 4.98 Å². The molecule has 1 aliphatic heterocycles. The summed E-state index contributed by atoms with van der Waals surface area (Å²) in [5.74, 6) is -0.674. The van der Waals surface area contributed by atoms with E-state index in [4.69, 9.17) is 4.74 Å².